The van der Waals surface area contributed by atoms with Gasteiger partial charge in [-0.2, -0.15) is 0 Å². The lowest BCUT2D eigenvalue weighted by molar-refractivity contribution is 0.134. The van der Waals surface area contributed by atoms with Gasteiger partial charge in [-0.15, -0.1) is 0 Å². The molecular weight excluding hydrogens is 306 g/mol. The normalized spacial score (nSPS) is 22.0. The van der Waals surface area contributed by atoms with E-state index in [2.05, 4.69) is 61.3 Å². The number of hydrogen-bond acceptors (Lipinski definition) is 2. The molecule has 2 heteroatoms. The number of phenolic OH excluding ortho intramolecular Hbond substituents is 1. The van der Waals surface area contributed by atoms with Gasteiger partial charge in [-0.1, -0.05) is 42.5 Å². The van der Waals surface area contributed by atoms with Gasteiger partial charge in [0.05, 0.1) is 0 Å². The minimum atomic E-state index is 0.365. The largest absolute Gasteiger partial charge is 0.508 e. The molecule has 2 aromatic rings. The van der Waals surface area contributed by atoms with Crippen LogP contribution in [-0.2, 0) is 6.42 Å². The molecule has 0 aromatic heterocycles. The molecule has 1 aliphatic carbocycles. The van der Waals surface area contributed by atoms with Gasteiger partial charge in [0.15, 0.2) is 0 Å². The predicted octanol–water partition coefficient (Wildman–Crippen LogP) is 5.37. The van der Waals surface area contributed by atoms with Gasteiger partial charge in [0, 0.05) is 12.1 Å². The van der Waals surface area contributed by atoms with E-state index in [1.54, 1.807) is 0 Å². The van der Waals surface area contributed by atoms with Crippen molar-refractivity contribution in [2.45, 2.75) is 63.5 Å². The van der Waals surface area contributed by atoms with Crippen molar-refractivity contribution >= 4 is 0 Å². The number of aromatic hydroxyl groups is 1. The second kappa shape index (κ2) is 8.53. The average Bonchev–Trinajstić information content (AvgIpc) is 2.67. The summed E-state index contributed by atoms with van der Waals surface area (Å²) >= 11 is 0. The highest BCUT2D eigenvalue weighted by Gasteiger charge is 2.26. The number of hydrogen-bond donors (Lipinski definition) is 1. The summed E-state index contributed by atoms with van der Waals surface area (Å²) in [5.41, 5.74) is 2.83. The molecule has 1 atom stereocenters. The predicted molar refractivity (Wildman–Crippen MR) is 105 cm³/mol. The van der Waals surface area contributed by atoms with E-state index in [0.29, 0.717) is 23.8 Å². The number of aryl methyl sites for hydroxylation is 1. The van der Waals surface area contributed by atoms with Crippen LogP contribution >= 0.6 is 0 Å². The molecule has 0 amide bonds. The van der Waals surface area contributed by atoms with E-state index >= 15 is 0 Å². The van der Waals surface area contributed by atoms with E-state index in [4.69, 9.17) is 0 Å². The topological polar surface area (TPSA) is 23.5 Å². The zero-order valence-corrected chi connectivity index (χ0v) is 15.6. The van der Waals surface area contributed by atoms with E-state index in [1.807, 2.05) is 12.1 Å². The van der Waals surface area contributed by atoms with Crippen molar-refractivity contribution in [2.75, 3.05) is 7.05 Å². The van der Waals surface area contributed by atoms with E-state index in [-0.39, 0.29) is 0 Å². The molecule has 1 saturated carbocycles. The molecule has 0 radical (unpaired) electrons. The first-order valence-electron chi connectivity index (χ1n) is 9.68. The number of benzene rings is 2. The van der Waals surface area contributed by atoms with Gasteiger partial charge < -0.3 is 10.0 Å². The molecule has 1 aliphatic rings. The van der Waals surface area contributed by atoms with Crippen LogP contribution in [-0.4, -0.2) is 29.1 Å². The maximum absolute atomic E-state index is 9.46. The fourth-order valence-electron chi connectivity index (χ4n) is 4.15. The molecule has 1 N–H and O–H groups in total. The summed E-state index contributed by atoms with van der Waals surface area (Å²) in [6.07, 6.45) is 7.44. The van der Waals surface area contributed by atoms with Crippen LogP contribution in [0.2, 0.25) is 0 Å². The average molecular weight is 338 g/mol. The third-order valence-corrected chi connectivity index (χ3v) is 6.03. The quantitative estimate of drug-likeness (QED) is 0.766. The van der Waals surface area contributed by atoms with Crippen molar-refractivity contribution in [3.8, 4) is 5.75 Å². The minimum absolute atomic E-state index is 0.365. The fourth-order valence-corrected chi connectivity index (χ4v) is 4.15. The van der Waals surface area contributed by atoms with Crippen LogP contribution in [0.15, 0.2) is 54.6 Å². The maximum atomic E-state index is 9.46. The van der Waals surface area contributed by atoms with Crippen LogP contribution < -0.4 is 0 Å². The monoisotopic (exact) mass is 337 g/mol. The molecule has 0 spiro atoms. The molecule has 0 aliphatic heterocycles. The van der Waals surface area contributed by atoms with E-state index in [1.165, 1.54) is 43.2 Å². The van der Waals surface area contributed by atoms with Gasteiger partial charge in [0.25, 0.3) is 0 Å². The Morgan fingerprint density at radius 1 is 0.960 bits per heavy atom. The first-order valence-corrected chi connectivity index (χ1v) is 9.68. The van der Waals surface area contributed by atoms with Crippen LogP contribution in [0.5, 0.6) is 5.75 Å². The second-order valence-electron chi connectivity index (χ2n) is 7.64. The highest BCUT2D eigenvalue weighted by molar-refractivity contribution is 5.28. The Hall–Kier alpha value is -1.80. The lowest BCUT2D eigenvalue weighted by Gasteiger charge is -2.38. The Kier molecular flexibility index (Phi) is 6.14. The third kappa shape index (κ3) is 4.85. The standard InChI is InChI=1S/C23H31NO/c1-18(8-9-19-6-4-3-5-7-19)24(2)22-14-10-20(11-15-22)21-12-16-23(25)17-13-21/h3-7,12-13,16-18,20,22,25H,8-11,14-15H2,1-2H3/t18?,20-,22-. The summed E-state index contributed by atoms with van der Waals surface area (Å²) in [5, 5.41) is 9.46. The van der Waals surface area contributed by atoms with Crippen LogP contribution in [0.4, 0.5) is 0 Å². The molecule has 3 rings (SSSR count). The summed E-state index contributed by atoms with van der Waals surface area (Å²) in [7, 11) is 2.31. The maximum Gasteiger partial charge on any atom is 0.115 e. The molecule has 25 heavy (non-hydrogen) atoms. The third-order valence-electron chi connectivity index (χ3n) is 6.03. The second-order valence-corrected chi connectivity index (χ2v) is 7.64. The Bertz CT molecular complexity index is 629. The molecule has 134 valence electrons. The van der Waals surface area contributed by atoms with Gasteiger partial charge >= 0.3 is 0 Å². The smallest absolute Gasteiger partial charge is 0.115 e. The minimum Gasteiger partial charge on any atom is -0.508 e. The Morgan fingerprint density at radius 2 is 1.60 bits per heavy atom. The number of rotatable bonds is 6. The van der Waals surface area contributed by atoms with Crippen LogP contribution in [0.25, 0.3) is 0 Å². The van der Waals surface area contributed by atoms with Crippen molar-refractivity contribution in [1.82, 2.24) is 4.90 Å². The summed E-state index contributed by atoms with van der Waals surface area (Å²) in [6.45, 7) is 2.37. The first-order chi connectivity index (χ1) is 12.1. The van der Waals surface area contributed by atoms with Crippen LogP contribution in [0.1, 0.15) is 56.1 Å². The summed E-state index contributed by atoms with van der Waals surface area (Å²) in [6, 6.07) is 20.0. The van der Waals surface area contributed by atoms with Crippen molar-refractivity contribution < 1.29 is 5.11 Å². The number of nitrogens with zero attached hydrogens (tertiary/aromatic N) is 1. The fraction of sp³-hybridized carbons (Fsp3) is 0.478. The molecule has 1 unspecified atom stereocenters. The zero-order valence-electron chi connectivity index (χ0n) is 15.6. The molecule has 0 heterocycles. The Balaban J connectivity index is 1.47. The van der Waals surface area contributed by atoms with Gasteiger partial charge in [0.1, 0.15) is 5.75 Å². The van der Waals surface area contributed by atoms with Crippen molar-refractivity contribution in [3.63, 3.8) is 0 Å². The number of phenols is 1. The SMILES string of the molecule is CC(CCc1ccccc1)N(C)[C@H]1CC[C@H](c2ccc(O)cc2)CC1. The van der Waals surface area contributed by atoms with Crippen molar-refractivity contribution in [2.24, 2.45) is 0 Å². The summed E-state index contributed by atoms with van der Waals surface area (Å²) in [5.74, 6) is 1.02. The summed E-state index contributed by atoms with van der Waals surface area (Å²) in [4.78, 5) is 2.61. The highest BCUT2D eigenvalue weighted by Crippen LogP contribution is 2.35. The van der Waals surface area contributed by atoms with Gasteiger partial charge in [0.2, 0.25) is 0 Å². The van der Waals surface area contributed by atoms with Gasteiger partial charge in [-0.3, -0.25) is 0 Å². The van der Waals surface area contributed by atoms with Crippen molar-refractivity contribution in [3.05, 3.63) is 65.7 Å². The Labute approximate surface area is 152 Å². The molecule has 0 saturated heterocycles. The summed E-state index contributed by atoms with van der Waals surface area (Å²) < 4.78 is 0. The lowest BCUT2D eigenvalue weighted by atomic mass is 9.81. The van der Waals surface area contributed by atoms with Crippen molar-refractivity contribution in [1.29, 1.82) is 0 Å². The molecule has 2 aromatic carbocycles. The first kappa shape index (κ1) is 18.0. The van der Waals surface area contributed by atoms with Gasteiger partial charge in [-0.25, -0.2) is 0 Å². The van der Waals surface area contributed by atoms with E-state index in [9.17, 15) is 5.11 Å². The van der Waals surface area contributed by atoms with Crippen LogP contribution in [0.3, 0.4) is 0 Å². The zero-order chi connectivity index (χ0) is 17.6. The highest BCUT2D eigenvalue weighted by atomic mass is 16.3. The Morgan fingerprint density at radius 3 is 2.24 bits per heavy atom. The van der Waals surface area contributed by atoms with Crippen LogP contribution in [0, 0.1) is 0 Å². The lowest BCUT2D eigenvalue weighted by Crippen LogP contribution is -2.40. The molecule has 1 fully saturated rings. The van der Waals surface area contributed by atoms with E-state index in [0.717, 1.165) is 6.42 Å². The molecule has 0 bridgehead atoms. The van der Waals surface area contributed by atoms with E-state index < -0.39 is 0 Å². The van der Waals surface area contributed by atoms with Gasteiger partial charge in [-0.05, 0) is 81.7 Å². The molecule has 2 nitrogen and oxygen atoms in total. The molecular formula is C23H31NO.